The van der Waals surface area contributed by atoms with Gasteiger partial charge in [0.2, 0.25) is 0 Å². The maximum atomic E-state index is 12.4. The highest BCUT2D eigenvalue weighted by molar-refractivity contribution is 5.68. The first-order valence-corrected chi connectivity index (χ1v) is 11.6. The summed E-state index contributed by atoms with van der Waals surface area (Å²) >= 11 is 0. The number of hydrogen-bond donors (Lipinski definition) is 1. The van der Waals surface area contributed by atoms with Gasteiger partial charge in [0.05, 0.1) is 5.69 Å². The van der Waals surface area contributed by atoms with E-state index in [2.05, 4.69) is 11.1 Å². The predicted octanol–water partition coefficient (Wildman–Crippen LogP) is 4.80. The van der Waals surface area contributed by atoms with Gasteiger partial charge in [-0.15, -0.1) is 0 Å². The van der Waals surface area contributed by atoms with Crippen LogP contribution < -0.4 is 4.74 Å². The minimum atomic E-state index is -1.26. The van der Waals surface area contributed by atoms with Crippen LogP contribution in [0.1, 0.15) is 74.7 Å². The molecule has 0 saturated carbocycles. The molecule has 1 saturated heterocycles. The number of aromatic nitrogens is 2. The molecule has 33 heavy (non-hydrogen) atoms. The fourth-order valence-electron chi connectivity index (χ4n) is 4.19. The highest BCUT2D eigenvalue weighted by Crippen LogP contribution is 2.34. The highest BCUT2D eigenvalue weighted by Gasteiger charge is 2.34. The lowest BCUT2D eigenvalue weighted by molar-refractivity contribution is 0.00479. The summed E-state index contributed by atoms with van der Waals surface area (Å²) in [5.74, 6) is 1.51. The molecule has 1 fully saturated rings. The first-order chi connectivity index (χ1) is 15.3. The van der Waals surface area contributed by atoms with E-state index in [9.17, 15) is 9.90 Å². The van der Waals surface area contributed by atoms with Crippen LogP contribution in [0, 0.1) is 20.8 Å². The van der Waals surface area contributed by atoms with Crippen molar-refractivity contribution in [2.45, 2.75) is 78.4 Å². The normalized spacial score (nSPS) is 16.9. The molecule has 1 unspecified atom stereocenters. The van der Waals surface area contributed by atoms with Gasteiger partial charge in [-0.25, -0.2) is 14.8 Å². The van der Waals surface area contributed by atoms with Gasteiger partial charge in [-0.1, -0.05) is 6.07 Å². The number of benzene rings is 1. The van der Waals surface area contributed by atoms with E-state index in [-0.39, 0.29) is 18.6 Å². The highest BCUT2D eigenvalue weighted by atomic mass is 16.6. The molecule has 3 rings (SSSR count). The van der Waals surface area contributed by atoms with Gasteiger partial charge in [-0.2, -0.15) is 0 Å². The number of aliphatic hydroxyl groups is 1. The van der Waals surface area contributed by atoms with Gasteiger partial charge in [0.1, 0.15) is 29.4 Å². The Bertz CT molecular complexity index is 969. The third-order valence-corrected chi connectivity index (χ3v) is 5.77. The molecular formula is C26H37N3O4. The minimum Gasteiger partial charge on any atom is -0.490 e. The van der Waals surface area contributed by atoms with Crippen molar-refractivity contribution in [1.82, 2.24) is 14.9 Å². The summed E-state index contributed by atoms with van der Waals surface area (Å²) in [6.07, 6.45) is 2.92. The molecule has 1 aliphatic heterocycles. The molecule has 1 aliphatic rings. The molecule has 0 spiro atoms. The number of carbonyl (C=O) groups excluding carboxylic acids is 1. The molecule has 1 atom stereocenters. The van der Waals surface area contributed by atoms with Crippen molar-refractivity contribution in [3.8, 4) is 5.75 Å². The number of nitrogens with zero attached hydrogens (tertiary/aromatic N) is 3. The first-order valence-electron chi connectivity index (χ1n) is 11.6. The Hall–Kier alpha value is -2.67. The summed E-state index contributed by atoms with van der Waals surface area (Å²) in [6, 6.07) is 6.00. The number of carbonyl (C=O) groups is 1. The van der Waals surface area contributed by atoms with E-state index in [4.69, 9.17) is 14.5 Å². The molecule has 1 N–H and O–H groups in total. The van der Waals surface area contributed by atoms with Crippen molar-refractivity contribution < 1.29 is 19.4 Å². The summed E-state index contributed by atoms with van der Waals surface area (Å²) in [5, 5.41) is 11.4. The zero-order valence-corrected chi connectivity index (χ0v) is 20.9. The summed E-state index contributed by atoms with van der Waals surface area (Å²) in [5.41, 5.74) is 1.96. The van der Waals surface area contributed by atoms with Gasteiger partial charge in [-0.3, -0.25) is 0 Å². The quantitative estimate of drug-likeness (QED) is 0.697. The molecule has 0 radical (unpaired) electrons. The van der Waals surface area contributed by atoms with Gasteiger partial charge in [0.25, 0.3) is 0 Å². The molecule has 0 bridgehead atoms. The number of hydrogen-bond acceptors (Lipinski definition) is 6. The van der Waals surface area contributed by atoms with E-state index < -0.39 is 11.2 Å². The molecule has 7 heteroatoms. The van der Waals surface area contributed by atoms with E-state index in [0.29, 0.717) is 24.5 Å². The second-order valence-corrected chi connectivity index (χ2v) is 10.3. The van der Waals surface area contributed by atoms with E-state index in [1.165, 1.54) is 0 Å². The van der Waals surface area contributed by atoms with Crippen LogP contribution in [-0.4, -0.2) is 51.4 Å². The van der Waals surface area contributed by atoms with Gasteiger partial charge < -0.3 is 19.5 Å². The van der Waals surface area contributed by atoms with Crippen molar-refractivity contribution in [2.75, 3.05) is 19.7 Å². The van der Waals surface area contributed by atoms with Crippen molar-refractivity contribution in [3.63, 3.8) is 0 Å². The monoisotopic (exact) mass is 455 g/mol. The van der Waals surface area contributed by atoms with Gasteiger partial charge in [-0.05, 0) is 84.6 Å². The Balaban J connectivity index is 1.74. The van der Waals surface area contributed by atoms with Crippen LogP contribution in [0.5, 0.6) is 5.75 Å². The largest absolute Gasteiger partial charge is 0.490 e. The van der Waals surface area contributed by atoms with Gasteiger partial charge in [0.15, 0.2) is 0 Å². The maximum Gasteiger partial charge on any atom is 0.410 e. The van der Waals surface area contributed by atoms with Crippen LogP contribution >= 0.6 is 0 Å². The van der Waals surface area contributed by atoms with Gasteiger partial charge in [0, 0.05) is 30.8 Å². The summed E-state index contributed by atoms with van der Waals surface area (Å²) < 4.78 is 11.5. The average Bonchev–Trinajstić information content (AvgIpc) is 2.70. The fourth-order valence-corrected chi connectivity index (χ4v) is 4.19. The predicted molar refractivity (Wildman–Crippen MR) is 128 cm³/mol. The van der Waals surface area contributed by atoms with Crippen LogP contribution in [0.25, 0.3) is 0 Å². The van der Waals surface area contributed by atoms with E-state index in [1.807, 2.05) is 53.7 Å². The number of piperidine rings is 1. The third kappa shape index (κ3) is 6.67. The fraction of sp³-hybridized carbons (Fsp3) is 0.577. The third-order valence-electron chi connectivity index (χ3n) is 5.77. The molecule has 1 aromatic heterocycles. The second kappa shape index (κ2) is 9.67. The Kier molecular flexibility index (Phi) is 7.32. The van der Waals surface area contributed by atoms with Crippen LogP contribution in [0.15, 0.2) is 24.4 Å². The standard InChI is InChI=1S/C26H37N3O4/c1-17-12-18(2)14-21(13-17)32-16-26(7,31)22-15-27-19(3)28-23(22)20-8-10-29(11-9-20)24(30)33-25(4,5)6/h12-15,20,31H,8-11,16H2,1-7H3. The Morgan fingerprint density at radius 2 is 1.70 bits per heavy atom. The van der Waals surface area contributed by atoms with E-state index in [1.54, 1.807) is 18.0 Å². The SMILES string of the molecule is Cc1cc(C)cc(OCC(C)(O)c2cnc(C)nc2C2CCN(C(=O)OC(C)(C)C)CC2)c1. The lowest BCUT2D eigenvalue weighted by Gasteiger charge is -2.35. The van der Waals surface area contributed by atoms with Crippen LogP contribution in [-0.2, 0) is 10.3 Å². The second-order valence-electron chi connectivity index (χ2n) is 10.3. The van der Waals surface area contributed by atoms with Crippen molar-refractivity contribution in [1.29, 1.82) is 0 Å². The summed E-state index contributed by atoms with van der Waals surface area (Å²) in [6.45, 7) is 14.5. The number of aryl methyl sites for hydroxylation is 3. The number of amides is 1. The Labute approximate surface area is 197 Å². The molecule has 180 valence electrons. The van der Waals surface area contributed by atoms with Crippen molar-refractivity contribution in [3.05, 3.63) is 52.6 Å². The van der Waals surface area contributed by atoms with Crippen LogP contribution in [0.4, 0.5) is 4.79 Å². The van der Waals surface area contributed by atoms with Crippen LogP contribution in [0.2, 0.25) is 0 Å². The Morgan fingerprint density at radius 1 is 1.09 bits per heavy atom. The molecule has 2 heterocycles. The molecule has 2 aromatic rings. The zero-order valence-electron chi connectivity index (χ0n) is 20.9. The molecule has 1 aromatic carbocycles. The minimum absolute atomic E-state index is 0.0894. The number of rotatable bonds is 5. The smallest absolute Gasteiger partial charge is 0.410 e. The van der Waals surface area contributed by atoms with Crippen molar-refractivity contribution in [2.24, 2.45) is 0 Å². The molecular weight excluding hydrogens is 418 g/mol. The molecule has 7 nitrogen and oxygen atoms in total. The maximum absolute atomic E-state index is 12.4. The summed E-state index contributed by atoms with van der Waals surface area (Å²) in [7, 11) is 0. The molecule has 1 amide bonds. The van der Waals surface area contributed by atoms with Gasteiger partial charge >= 0.3 is 6.09 Å². The first kappa shape index (κ1) is 25.0. The van der Waals surface area contributed by atoms with E-state index in [0.717, 1.165) is 35.4 Å². The molecule has 0 aliphatic carbocycles. The zero-order chi connectivity index (χ0) is 24.4. The average molecular weight is 456 g/mol. The topological polar surface area (TPSA) is 84.8 Å². The lowest BCUT2D eigenvalue weighted by atomic mass is 9.86. The van der Waals surface area contributed by atoms with Crippen LogP contribution in [0.3, 0.4) is 0 Å². The van der Waals surface area contributed by atoms with E-state index >= 15 is 0 Å². The Morgan fingerprint density at radius 3 is 2.27 bits per heavy atom. The lowest BCUT2D eigenvalue weighted by Crippen LogP contribution is -2.42. The number of ether oxygens (including phenoxy) is 2. The number of likely N-dealkylation sites (tertiary alicyclic amines) is 1. The van der Waals surface area contributed by atoms with Crippen molar-refractivity contribution >= 4 is 6.09 Å². The summed E-state index contributed by atoms with van der Waals surface area (Å²) in [4.78, 5) is 23.2.